The molecule has 19 heavy (non-hydrogen) atoms. The number of halogens is 1. The lowest BCUT2D eigenvalue weighted by atomic mass is 10.2. The van der Waals surface area contributed by atoms with Crippen LogP contribution >= 0.6 is 11.6 Å². The molecule has 0 spiro atoms. The van der Waals surface area contributed by atoms with Gasteiger partial charge in [-0.05, 0) is 24.1 Å². The highest BCUT2D eigenvalue weighted by atomic mass is 35.5. The second-order valence-corrected chi connectivity index (χ2v) is 4.37. The van der Waals surface area contributed by atoms with Crippen LogP contribution in [0.25, 0.3) is 0 Å². The molecule has 2 aromatic rings. The molecule has 3 N–H and O–H groups in total. The third kappa shape index (κ3) is 2.88. The quantitative estimate of drug-likeness (QED) is 0.840. The summed E-state index contributed by atoms with van der Waals surface area (Å²) in [6, 6.07) is 9.73. The van der Waals surface area contributed by atoms with E-state index in [-0.39, 0.29) is 22.3 Å². The molecule has 2 rings (SSSR count). The predicted octanol–water partition coefficient (Wildman–Crippen LogP) is 2.11. The number of anilines is 2. The molecule has 0 amide bonds. The minimum absolute atomic E-state index is 0.107. The zero-order valence-corrected chi connectivity index (χ0v) is 11.3. The lowest BCUT2D eigenvalue weighted by Crippen LogP contribution is -2.26. The molecule has 0 unspecified atom stereocenters. The number of nitrogen functional groups attached to an aromatic ring is 1. The van der Waals surface area contributed by atoms with Crippen molar-refractivity contribution in [2.75, 3.05) is 11.1 Å². The molecule has 1 heterocycles. The summed E-state index contributed by atoms with van der Waals surface area (Å²) < 4.78 is 1.37. The van der Waals surface area contributed by atoms with E-state index in [0.29, 0.717) is 13.1 Å². The second-order valence-electron chi connectivity index (χ2n) is 4.03. The Morgan fingerprint density at radius 3 is 2.68 bits per heavy atom. The van der Waals surface area contributed by atoms with Crippen molar-refractivity contribution < 1.29 is 0 Å². The van der Waals surface area contributed by atoms with Crippen molar-refractivity contribution in [1.82, 2.24) is 9.55 Å². The molecule has 0 saturated carbocycles. The molecular weight excluding hydrogens is 264 g/mol. The summed E-state index contributed by atoms with van der Waals surface area (Å²) in [5.74, 6) is 0.121. The molecule has 0 bridgehead atoms. The summed E-state index contributed by atoms with van der Waals surface area (Å²) in [6.07, 6.45) is 0. The van der Waals surface area contributed by atoms with E-state index in [4.69, 9.17) is 17.3 Å². The number of nitrogens with two attached hydrogens (primary N) is 1. The fraction of sp³-hybridized carbons (Fsp3) is 0.231. The third-order valence-corrected chi connectivity index (χ3v) is 3.07. The average molecular weight is 279 g/mol. The molecule has 0 atom stereocenters. The number of hydrogen-bond donors (Lipinski definition) is 2. The second kappa shape index (κ2) is 5.75. The number of nitrogens with one attached hydrogen (secondary N) is 1. The minimum atomic E-state index is -0.254. The van der Waals surface area contributed by atoms with Gasteiger partial charge < -0.3 is 11.1 Å². The smallest absolute Gasteiger partial charge is 0.280 e. The first-order chi connectivity index (χ1) is 9.13. The van der Waals surface area contributed by atoms with Gasteiger partial charge in [-0.25, -0.2) is 4.98 Å². The maximum Gasteiger partial charge on any atom is 0.280 e. The van der Waals surface area contributed by atoms with Gasteiger partial charge in [0.1, 0.15) is 5.69 Å². The lowest BCUT2D eigenvalue weighted by molar-refractivity contribution is 0.711. The van der Waals surface area contributed by atoms with E-state index >= 15 is 0 Å². The van der Waals surface area contributed by atoms with Crippen LogP contribution in [0.5, 0.6) is 0 Å². The van der Waals surface area contributed by atoms with Gasteiger partial charge in [-0.15, -0.1) is 0 Å². The van der Waals surface area contributed by atoms with Gasteiger partial charge in [0, 0.05) is 13.1 Å². The molecule has 1 aromatic carbocycles. The van der Waals surface area contributed by atoms with E-state index in [9.17, 15) is 4.79 Å². The lowest BCUT2D eigenvalue weighted by Gasteiger charge is -2.12. The molecule has 1 aromatic heterocycles. The zero-order chi connectivity index (χ0) is 13.8. The highest BCUT2D eigenvalue weighted by Gasteiger charge is 2.12. The predicted molar refractivity (Wildman–Crippen MR) is 77.4 cm³/mol. The average Bonchev–Trinajstić information content (AvgIpc) is 2.39. The van der Waals surface area contributed by atoms with Crippen molar-refractivity contribution >= 4 is 23.1 Å². The van der Waals surface area contributed by atoms with Gasteiger partial charge in [0.2, 0.25) is 5.28 Å². The highest BCUT2D eigenvalue weighted by molar-refractivity contribution is 6.28. The number of hydrogen-bond acceptors (Lipinski definition) is 4. The number of benzene rings is 1. The molecule has 5 nitrogen and oxygen atoms in total. The van der Waals surface area contributed by atoms with Crippen LogP contribution in [-0.4, -0.2) is 9.55 Å². The Morgan fingerprint density at radius 2 is 2.05 bits per heavy atom. The first-order valence-electron chi connectivity index (χ1n) is 5.97. The van der Waals surface area contributed by atoms with Crippen molar-refractivity contribution in [2.45, 2.75) is 20.0 Å². The van der Waals surface area contributed by atoms with Crippen LogP contribution in [0.3, 0.4) is 0 Å². The van der Waals surface area contributed by atoms with Gasteiger partial charge in [0.25, 0.3) is 5.56 Å². The number of rotatable bonds is 4. The Morgan fingerprint density at radius 1 is 1.37 bits per heavy atom. The largest absolute Gasteiger partial charge is 0.382 e. The van der Waals surface area contributed by atoms with Gasteiger partial charge in [-0.2, -0.15) is 0 Å². The Labute approximate surface area is 116 Å². The molecule has 0 aliphatic carbocycles. The zero-order valence-electron chi connectivity index (χ0n) is 10.6. The van der Waals surface area contributed by atoms with E-state index in [0.717, 1.165) is 5.56 Å². The Hall–Kier alpha value is -2.01. The van der Waals surface area contributed by atoms with Crippen LogP contribution in [0, 0.1) is 0 Å². The van der Waals surface area contributed by atoms with Gasteiger partial charge in [0.05, 0.1) is 0 Å². The fourth-order valence-corrected chi connectivity index (χ4v) is 2.06. The number of aromatic nitrogens is 2. The number of nitrogens with zero attached hydrogens (tertiary/aromatic N) is 2. The van der Waals surface area contributed by atoms with Crippen molar-refractivity contribution in [2.24, 2.45) is 0 Å². The summed E-state index contributed by atoms with van der Waals surface area (Å²) in [5, 5.41) is 3.13. The van der Waals surface area contributed by atoms with E-state index in [2.05, 4.69) is 10.3 Å². The van der Waals surface area contributed by atoms with Crippen LogP contribution in [0.2, 0.25) is 5.28 Å². The summed E-state index contributed by atoms with van der Waals surface area (Å²) in [5.41, 5.74) is 6.83. The van der Waals surface area contributed by atoms with E-state index in [1.165, 1.54) is 4.57 Å². The molecule has 0 aliphatic heterocycles. The Kier molecular flexibility index (Phi) is 4.06. The van der Waals surface area contributed by atoms with E-state index in [1.807, 2.05) is 37.3 Å². The van der Waals surface area contributed by atoms with Gasteiger partial charge in [-0.1, -0.05) is 30.3 Å². The van der Waals surface area contributed by atoms with Crippen molar-refractivity contribution in [3.8, 4) is 0 Å². The van der Waals surface area contributed by atoms with Gasteiger partial charge in [-0.3, -0.25) is 9.36 Å². The summed E-state index contributed by atoms with van der Waals surface area (Å²) >= 11 is 5.87. The molecular formula is C13H15ClN4O. The maximum absolute atomic E-state index is 12.2. The normalized spacial score (nSPS) is 10.4. The first kappa shape index (κ1) is 13.4. The third-order valence-electron chi connectivity index (χ3n) is 2.78. The van der Waals surface area contributed by atoms with Gasteiger partial charge >= 0.3 is 0 Å². The Balaban J connectivity index is 2.28. The summed E-state index contributed by atoms with van der Waals surface area (Å²) in [4.78, 5) is 16.1. The first-order valence-corrected chi connectivity index (χ1v) is 6.35. The van der Waals surface area contributed by atoms with Crippen LogP contribution in [0.15, 0.2) is 35.1 Å². The molecule has 0 aliphatic rings. The van der Waals surface area contributed by atoms with Gasteiger partial charge in [0.15, 0.2) is 5.82 Å². The van der Waals surface area contributed by atoms with Crippen molar-refractivity contribution in [3.05, 3.63) is 51.5 Å². The van der Waals surface area contributed by atoms with E-state index < -0.39 is 0 Å². The molecule has 100 valence electrons. The van der Waals surface area contributed by atoms with Crippen LogP contribution < -0.4 is 16.6 Å². The fourth-order valence-electron chi connectivity index (χ4n) is 1.77. The van der Waals surface area contributed by atoms with E-state index in [1.54, 1.807) is 0 Å². The molecule has 6 heteroatoms. The molecule has 0 fully saturated rings. The monoisotopic (exact) mass is 278 g/mol. The standard InChI is InChI=1S/C13H15ClN4O/c1-2-18-12(19)10(11(15)17-13(18)14)16-8-9-6-4-3-5-7-9/h3-7,16H,2,8,15H2,1H3. The Bertz CT molecular complexity index is 625. The summed E-state index contributed by atoms with van der Waals surface area (Å²) in [6.45, 7) is 2.78. The SMILES string of the molecule is CCn1c(Cl)nc(N)c(NCc2ccccc2)c1=O. The van der Waals surface area contributed by atoms with Crippen LogP contribution in [-0.2, 0) is 13.1 Å². The minimum Gasteiger partial charge on any atom is -0.382 e. The van der Waals surface area contributed by atoms with Crippen molar-refractivity contribution in [3.63, 3.8) is 0 Å². The topological polar surface area (TPSA) is 72.9 Å². The highest BCUT2D eigenvalue weighted by Crippen LogP contribution is 2.15. The van der Waals surface area contributed by atoms with Crippen LogP contribution in [0.1, 0.15) is 12.5 Å². The maximum atomic E-state index is 12.2. The molecule has 0 saturated heterocycles. The summed E-state index contributed by atoms with van der Waals surface area (Å²) in [7, 11) is 0. The van der Waals surface area contributed by atoms with Crippen molar-refractivity contribution in [1.29, 1.82) is 0 Å². The molecule has 0 radical (unpaired) electrons. The van der Waals surface area contributed by atoms with Crippen LogP contribution in [0.4, 0.5) is 11.5 Å².